The molecule has 2 aliphatic heterocycles. The van der Waals surface area contributed by atoms with Gasteiger partial charge in [0.25, 0.3) is 0 Å². The van der Waals surface area contributed by atoms with Crippen LogP contribution in [-0.2, 0) is 22.5 Å². The molecule has 0 saturated carbocycles. The summed E-state index contributed by atoms with van der Waals surface area (Å²) in [5.41, 5.74) is 5.17. The van der Waals surface area contributed by atoms with Crippen molar-refractivity contribution in [3.05, 3.63) is 102 Å². The first kappa shape index (κ1) is 27.4. The third kappa shape index (κ3) is 5.91. The van der Waals surface area contributed by atoms with Gasteiger partial charge >= 0.3 is 14.2 Å². The number of nitrogens with zero attached hydrogens (tertiary/aromatic N) is 7. The standard InChI is InChI=1S/2C14H11BN4O3/c20-15-14-6-5-13(7-10(14)8-21-15)22-12-3-1-11(2-4-12)19-9-16-17-18-19;20-15-13-6-5-12(7-10(13)8-21-15)22-11-3-1-9(2-4-11)14-16-18-19-17-14/h1-7,9,20H,8H2;1-7,20H,8H2,(H,16,17,18,19). The van der Waals surface area contributed by atoms with Crippen molar-refractivity contribution in [2.75, 3.05) is 0 Å². The van der Waals surface area contributed by atoms with Gasteiger partial charge in [-0.1, -0.05) is 12.1 Å². The van der Waals surface area contributed by atoms with E-state index in [2.05, 4.69) is 36.1 Å². The lowest BCUT2D eigenvalue weighted by molar-refractivity contribution is 0.274. The Morgan fingerprint density at radius 3 is 1.82 bits per heavy atom. The van der Waals surface area contributed by atoms with Crippen LogP contribution in [-0.4, -0.2) is 65.1 Å². The summed E-state index contributed by atoms with van der Waals surface area (Å²) in [6, 6.07) is 25.8. The number of fused-ring (bicyclic) bond motifs is 2. The molecule has 2 aliphatic rings. The number of rotatable bonds is 6. The topological polar surface area (TPSA) is 175 Å². The molecule has 8 rings (SSSR count). The Morgan fingerprint density at radius 1 is 0.727 bits per heavy atom. The van der Waals surface area contributed by atoms with Crippen molar-refractivity contribution in [2.45, 2.75) is 13.2 Å². The highest BCUT2D eigenvalue weighted by molar-refractivity contribution is 6.62. The minimum atomic E-state index is -0.835. The molecule has 0 saturated heterocycles. The SMILES string of the molecule is OB1OCc2cc(Oc3ccc(-c4nn[nH]n4)cc3)ccc21.OB1OCc2cc(Oc3ccc(-n4cnnn4)cc3)ccc21. The van der Waals surface area contributed by atoms with Crippen LogP contribution in [0.2, 0.25) is 0 Å². The highest BCUT2D eigenvalue weighted by atomic mass is 16.5. The number of tetrazole rings is 2. The Morgan fingerprint density at radius 2 is 1.30 bits per heavy atom. The van der Waals surface area contributed by atoms with Crippen LogP contribution in [0, 0.1) is 0 Å². The average Bonchev–Trinajstić information content (AvgIpc) is 3.88. The first-order valence-corrected chi connectivity index (χ1v) is 13.5. The van der Waals surface area contributed by atoms with Gasteiger partial charge in [0.1, 0.15) is 29.3 Å². The summed E-state index contributed by atoms with van der Waals surface area (Å²) in [6.45, 7) is 0.788. The number of hydrogen-bond acceptors (Lipinski definition) is 12. The summed E-state index contributed by atoms with van der Waals surface area (Å²) in [7, 11) is -1.67. The van der Waals surface area contributed by atoms with Crippen molar-refractivity contribution in [1.29, 1.82) is 0 Å². The van der Waals surface area contributed by atoms with E-state index in [1.54, 1.807) is 4.68 Å². The lowest BCUT2D eigenvalue weighted by atomic mass is 9.80. The lowest BCUT2D eigenvalue weighted by Gasteiger charge is -2.08. The number of nitrogens with one attached hydrogen (secondary N) is 1. The van der Waals surface area contributed by atoms with Gasteiger partial charge in [-0.15, -0.1) is 15.3 Å². The van der Waals surface area contributed by atoms with Crippen LogP contribution >= 0.6 is 0 Å². The second-order valence-electron chi connectivity index (χ2n) is 9.76. The van der Waals surface area contributed by atoms with Gasteiger partial charge in [0, 0.05) is 5.56 Å². The molecule has 216 valence electrons. The smallest absolute Gasteiger partial charge is 0.457 e. The first-order valence-electron chi connectivity index (χ1n) is 13.5. The normalized spacial score (nSPS) is 13.2. The quantitative estimate of drug-likeness (QED) is 0.240. The van der Waals surface area contributed by atoms with Crippen LogP contribution in [0.15, 0.2) is 91.3 Å². The predicted molar refractivity (Wildman–Crippen MR) is 157 cm³/mol. The predicted octanol–water partition coefficient (Wildman–Crippen LogP) is 1.55. The van der Waals surface area contributed by atoms with E-state index in [4.69, 9.17) is 18.8 Å². The molecule has 0 bridgehead atoms. The van der Waals surface area contributed by atoms with Crippen molar-refractivity contribution < 1.29 is 28.8 Å². The third-order valence-corrected chi connectivity index (χ3v) is 6.93. The van der Waals surface area contributed by atoms with Crippen LogP contribution in [0.1, 0.15) is 11.1 Å². The molecule has 0 fully saturated rings. The van der Waals surface area contributed by atoms with Crippen LogP contribution in [0.5, 0.6) is 23.0 Å². The van der Waals surface area contributed by atoms with Crippen molar-refractivity contribution in [2.24, 2.45) is 0 Å². The molecular weight excluding hydrogens is 566 g/mol. The molecule has 0 radical (unpaired) electrons. The molecule has 0 amide bonds. The summed E-state index contributed by atoms with van der Waals surface area (Å²) in [6.07, 6.45) is 1.53. The Kier molecular flexibility index (Phi) is 7.52. The van der Waals surface area contributed by atoms with E-state index in [1.807, 2.05) is 84.9 Å². The third-order valence-electron chi connectivity index (χ3n) is 6.93. The van der Waals surface area contributed by atoms with Gasteiger partial charge in [-0.3, -0.25) is 0 Å². The van der Waals surface area contributed by atoms with Crippen LogP contribution < -0.4 is 20.4 Å². The summed E-state index contributed by atoms with van der Waals surface area (Å²) in [4.78, 5) is 0. The molecule has 44 heavy (non-hydrogen) atoms. The Hall–Kier alpha value is -5.41. The van der Waals surface area contributed by atoms with E-state index in [-0.39, 0.29) is 0 Å². The monoisotopic (exact) mass is 588 g/mol. The molecule has 4 heterocycles. The van der Waals surface area contributed by atoms with Gasteiger partial charge in [0.15, 0.2) is 0 Å². The van der Waals surface area contributed by atoms with Crippen molar-refractivity contribution in [1.82, 2.24) is 40.8 Å². The van der Waals surface area contributed by atoms with Crippen LogP contribution in [0.4, 0.5) is 0 Å². The molecule has 0 unspecified atom stereocenters. The molecule has 16 heteroatoms. The van der Waals surface area contributed by atoms with E-state index in [1.165, 1.54) is 6.33 Å². The van der Waals surface area contributed by atoms with E-state index in [9.17, 15) is 10.0 Å². The van der Waals surface area contributed by atoms with Gasteiger partial charge in [-0.05, 0) is 110 Å². The number of benzene rings is 4. The minimum Gasteiger partial charge on any atom is -0.457 e. The van der Waals surface area contributed by atoms with Gasteiger partial charge in [-0.25, -0.2) is 4.68 Å². The van der Waals surface area contributed by atoms with Gasteiger partial charge in [0.2, 0.25) is 5.82 Å². The first-order chi connectivity index (χ1) is 21.6. The zero-order valence-corrected chi connectivity index (χ0v) is 22.9. The van der Waals surface area contributed by atoms with Gasteiger partial charge in [0.05, 0.1) is 18.9 Å². The summed E-state index contributed by atoms with van der Waals surface area (Å²) in [5.74, 6) is 3.34. The van der Waals surface area contributed by atoms with E-state index < -0.39 is 14.2 Å². The van der Waals surface area contributed by atoms with Crippen LogP contribution in [0.3, 0.4) is 0 Å². The fourth-order valence-corrected chi connectivity index (χ4v) is 4.71. The summed E-state index contributed by atoms with van der Waals surface area (Å²) in [5, 5.41) is 44.0. The molecule has 2 aromatic heterocycles. The summed E-state index contributed by atoms with van der Waals surface area (Å²) >= 11 is 0. The molecule has 6 aromatic rings. The Balaban J connectivity index is 0.000000142. The zero-order chi connectivity index (χ0) is 29.9. The number of hydrogen-bond donors (Lipinski definition) is 3. The lowest BCUT2D eigenvalue weighted by Crippen LogP contribution is -2.27. The van der Waals surface area contributed by atoms with Crippen molar-refractivity contribution >= 4 is 25.2 Å². The van der Waals surface area contributed by atoms with E-state index in [0.717, 1.165) is 33.3 Å². The molecule has 14 nitrogen and oxygen atoms in total. The second-order valence-corrected chi connectivity index (χ2v) is 9.76. The molecular formula is C28H22B2N8O6. The Labute approximate surface area is 250 Å². The summed E-state index contributed by atoms with van der Waals surface area (Å²) < 4.78 is 23.5. The maximum absolute atomic E-state index is 9.60. The Bertz CT molecular complexity index is 1720. The molecule has 0 aliphatic carbocycles. The molecule has 3 N–H and O–H groups in total. The number of H-pyrrole nitrogens is 1. The second kappa shape index (κ2) is 12.1. The van der Waals surface area contributed by atoms with E-state index in [0.29, 0.717) is 42.0 Å². The van der Waals surface area contributed by atoms with E-state index >= 15 is 0 Å². The van der Waals surface area contributed by atoms with Crippen molar-refractivity contribution in [3.8, 4) is 40.1 Å². The highest BCUT2D eigenvalue weighted by Gasteiger charge is 2.28. The number of aromatic nitrogens is 8. The fourth-order valence-electron chi connectivity index (χ4n) is 4.71. The van der Waals surface area contributed by atoms with Crippen molar-refractivity contribution in [3.63, 3.8) is 0 Å². The maximum atomic E-state index is 9.60. The zero-order valence-electron chi connectivity index (χ0n) is 22.9. The highest BCUT2D eigenvalue weighted by Crippen LogP contribution is 2.26. The average molecular weight is 588 g/mol. The van der Waals surface area contributed by atoms with Crippen LogP contribution in [0.25, 0.3) is 17.1 Å². The number of ether oxygens (including phenoxy) is 2. The largest absolute Gasteiger partial charge is 0.491 e. The molecule has 4 aromatic carbocycles. The molecule has 0 spiro atoms. The maximum Gasteiger partial charge on any atom is 0.491 e. The number of aromatic amines is 1. The minimum absolute atomic E-state index is 0.393. The fraction of sp³-hybridized carbons (Fsp3) is 0.0714. The molecule has 0 atom stereocenters. The van der Waals surface area contributed by atoms with Gasteiger partial charge < -0.3 is 28.8 Å². The van der Waals surface area contributed by atoms with Gasteiger partial charge in [-0.2, -0.15) is 5.21 Å².